The van der Waals surface area contributed by atoms with Gasteiger partial charge < -0.3 is 42.9 Å². The molecule has 2 aromatic rings. The number of quaternary nitrogens is 2. The topological polar surface area (TPSA) is 0 Å². The molecular weight excluding hydrogens is 612 g/mol. The molecule has 0 aromatic heterocycles. The molecule has 202 valence electrons. The van der Waals surface area contributed by atoms with E-state index in [1.54, 1.807) is 0 Å². The highest BCUT2D eigenvalue weighted by Crippen LogP contribution is 2.33. The van der Waals surface area contributed by atoms with Gasteiger partial charge in [0.15, 0.2) is 0 Å². The Balaban J connectivity index is 0.00000228. The Labute approximate surface area is 250 Å². The Kier molecular flexibility index (Phi) is 13.4. The third kappa shape index (κ3) is 9.34. The second-order valence-corrected chi connectivity index (χ2v) is 13.4. The summed E-state index contributed by atoms with van der Waals surface area (Å²) in [5.74, 6) is 1.92. The van der Waals surface area contributed by atoms with E-state index in [1.165, 1.54) is 108 Å². The quantitative estimate of drug-likeness (QED) is 0.295. The molecule has 0 bridgehead atoms. The van der Waals surface area contributed by atoms with Crippen LogP contribution in [0.25, 0.3) is 0 Å². The summed E-state index contributed by atoms with van der Waals surface area (Å²) in [4.78, 5) is 2.74. The summed E-state index contributed by atoms with van der Waals surface area (Å²) in [6, 6.07) is 18.5. The molecule has 4 rings (SSSR count). The van der Waals surface area contributed by atoms with E-state index in [0.29, 0.717) is 0 Å². The molecular formula is C30H46Br2N2S2. The highest BCUT2D eigenvalue weighted by molar-refractivity contribution is 7.98. The van der Waals surface area contributed by atoms with Crippen LogP contribution in [0.4, 0.5) is 0 Å². The minimum atomic E-state index is 0. The fraction of sp³-hybridized carbons (Fsp3) is 0.600. The second-order valence-electron chi connectivity index (χ2n) is 11.6. The van der Waals surface area contributed by atoms with Crippen LogP contribution in [0.2, 0.25) is 0 Å². The van der Waals surface area contributed by atoms with Crippen LogP contribution in [0.15, 0.2) is 58.3 Å². The van der Waals surface area contributed by atoms with Gasteiger partial charge in [0.2, 0.25) is 0 Å². The lowest BCUT2D eigenvalue weighted by Gasteiger charge is -2.42. The minimum Gasteiger partial charge on any atom is -1.00 e. The predicted octanol–water partition coefficient (Wildman–Crippen LogP) is 1.33. The van der Waals surface area contributed by atoms with Gasteiger partial charge in [0.25, 0.3) is 0 Å². The Bertz CT molecular complexity index is 813. The van der Waals surface area contributed by atoms with Crippen LogP contribution >= 0.6 is 23.5 Å². The Hall–Kier alpha value is 0.0200. The Morgan fingerprint density at radius 1 is 0.583 bits per heavy atom. The average Bonchev–Trinajstić information content (AvgIpc) is 2.85. The first-order valence-electron chi connectivity index (χ1n) is 13.3. The van der Waals surface area contributed by atoms with Crippen molar-refractivity contribution < 1.29 is 42.9 Å². The summed E-state index contributed by atoms with van der Waals surface area (Å²) in [7, 11) is 4.96. The maximum Gasteiger partial charge on any atom is 0.104 e. The van der Waals surface area contributed by atoms with Crippen molar-refractivity contribution in [3.05, 3.63) is 59.7 Å². The summed E-state index contributed by atoms with van der Waals surface area (Å²) >= 11 is 3.67. The van der Waals surface area contributed by atoms with E-state index in [0.717, 1.165) is 11.8 Å². The molecule has 0 amide bonds. The maximum absolute atomic E-state index is 2.48. The average molecular weight is 659 g/mol. The summed E-state index contributed by atoms with van der Waals surface area (Å²) in [6.45, 7) is 7.79. The standard InChI is InChI=1S/C30H46N2S2.2BrH/c1-31(23-27-7-11-29(33-3)12-8-27)19-15-25(16-20-31)5-6-26-17-21-32(2,22-18-26)24-28-9-13-30(34-4)14-10-28;;/h7-14,25-26H,5-6,15-24H2,1-4H3;2*1H/q+2;;/p-2. The third-order valence-corrected chi connectivity index (χ3v) is 10.2. The summed E-state index contributed by atoms with van der Waals surface area (Å²) in [5.41, 5.74) is 3.00. The van der Waals surface area contributed by atoms with Gasteiger partial charge in [-0.2, -0.15) is 0 Å². The van der Waals surface area contributed by atoms with Crippen molar-refractivity contribution in [3.8, 4) is 0 Å². The first-order chi connectivity index (χ1) is 16.4. The Morgan fingerprint density at radius 3 is 1.17 bits per heavy atom. The summed E-state index contributed by atoms with van der Waals surface area (Å²) < 4.78 is 2.46. The third-order valence-electron chi connectivity index (χ3n) is 8.74. The van der Waals surface area contributed by atoms with E-state index in [2.05, 4.69) is 75.1 Å². The van der Waals surface area contributed by atoms with Crippen LogP contribution in [0, 0.1) is 11.8 Å². The zero-order chi connectivity index (χ0) is 24.0. The molecule has 2 fully saturated rings. The van der Waals surface area contributed by atoms with Crippen LogP contribution in [-0.4, -0.2) is 61.8 Å². The highest BCUT2D eigenvalue weighted by atomic mass is 79.9. The fourth-order valence-electron chi connectivity index (χ4n) is 6.20. The minimum absolute atomic E-state index is 0. The Morgan fingerprint density at radius 2 is 0.889 bits per heavy atom. The SMILES string of the molecule is CSc1ccc(C[N+]2(C)CCC(CCC3CC[N+](C)(Cc4ccc(SC)cc4)CC3)CC2)cc1.[Br-].[Br-]. The smallest absolute Gasteiger partial charge is 0.104 e. The van der Waals surface area contributed by atoms with Gasteiger partial charge in [-0.3, -0.25) is 0 Å². The first-order valence-corrected chi connectivity index (χ1v) is 15.8. The van der Waals surface area contributed by atoms with Gasteiger partial charge in [0.1, 0.15) is 13.1 Å². The van der Waals surface area contributed by atoms with Gasteiger partial charge >= 0.3 is 0 Å². The molecule has 2 aromatic carbocycles. The van der Waals surface area contributed by atoms with Crippen LogP contribution in [0.1, 0.15) is 49.7 Å². The molecule has 0 unspecified atom stereocenters. The molecule has 2 aliphatic rings. The summed E-state index contributed by atoms with van der Waals surface area (Å²) in [5, 5.41) is 0. The maximum atomic E-state index is 2.48. The van der Waals surface area contributed by atoms with Crippen molar-refractivity contribution >= 4 is 23.5 Å². The largest absolute Gasteiger partial charge is 1.00 e. The van der Waals surface area contributed by atoms with Gasteiger partial charge in [0, 0.05) is 20.9 Å². The second kappa shape index (κ2) is 15.0. The van der Waals surface area contributed by atoms with Crippen molar-refractivity contribution in [2.75, 3.05) is 52.8 Å². The molecule has 0 radical (unpaired) electrons. The summed E-state index contributed by atoms with van der Waals surface area (Å²) in [6.07, 6.45) is 12.9. The normalized spacial score (nSPS) is 28.1. The molecule has 2 heterocycles. The monoisotopic (exact) mass is 656 g/mol. The molecule has 0 N–H and O–H groups in total. The molecule has 0 saturated carbocycles. The van der Waals surface area contributed by atoms with Gasteiger partial charge in [-0.25, -0.2) is 0 Å². The lowest BCUT2D eigenvalue weighted by atomic mass is 9.84. The molecule has 6 heteroatoms. The van der Waals surface area contributed by atoms with E-state index >= 15 is 0 Å². The zero-order valence-electron chi connectivity index (χ0n) is 22.7. The van der Waals surface area contributed by atoms with Crippen molar-refractivity contribution in [2.24, 2.45) is 11.8 Å². The number of thioether (sulfide) groups is 2. The van der Waals surface area contributed by atoms with Gasteiger partial charge in [-0.05, 0) is 87.1 Å². The van der Waals surface area contributed by atoms with Crippen molar-refractivity contribution in [1.82, 2.24) is 0 Å². The fourth-order valence-corrected chi connectivity index (χ4v) is 7.01. The van der Waals surface area contributed by atoms with Crippen molar-refractivity contribution in [2.45, 2.75) is 61.4 Å². The van der Waals surface area contributed by atoms with Crippen molar-refractivity contribution in [3.63, 3.8) is 0 Å². The number of benzene rings is 2. The number of hydrogen-bond acceptors (Lipinski definition) is 2. The molecule has 36 heavy (non-hydrogen) atoms. The molecule has 0 spiro atoms. The van der Waals surface area contributed by atoms with Crippen LogP contribution < -0.4 is 34.0 Å². The van der Waals surface area contributed by atoms with Gasteiger partial charge in [-0.1, -0.05) is 24.3 Å². The van der Waals surface area contributed by atoms with Crippen LogP contribution in [0.5, 0.6) is 0 Å². The molecule has 0 atom stereocenters. The molecule has 2 saturated heterocycles. The van der Waals surface area contributed by atoms with Gasteiger partial charge in [-0.15, -0.1) is 23.5 Å². The molecule has 2 aliphatic heterocycles. The van der Waals surface area contributed by atoms with E-state index in [-0.39, 0.29) is 34.0 Å². The number of hydrogen-bond donors (Lipinski definition) is 0. The zero-order valence-corrected chi connectivity index (χ0v) is 27.5. The number of rotatable bonds is 9. The predicted molar refractivity (Wildman–Crippen MR) is 150 cm³/mol. The number of halogens is 2. The number of piperidine rings is 2. The molecule has 2 nitrogen and oxygen atoms in total. The first kappa shape index (κ1) is 32.2. The van der Waals surface area contributed by atoms with E-state index in [1.807, 2.05) is 23.5 Å². The van der Waals surface area contributed by atoms with E-state index in [4.69, 9.17) is 0 Å². The highest BCUT2D eigenvalue weighted by Gasteiger charge is 2.33. The van der Waals surface area contributed by atoms with Gasteiger partial charge in [0.05, 0.1) is 40.3 Å². The van der Waals surface area contributed by atoms with Crippen LogP contribution in [0.3, 0.4) is 0 Å². The lowest BCUT2D eigenvalue weighted by molar-refractivity contribution is -0.928. The molecule has 0 aliphatic carbocycles. The lowest BCUT2D eigenvalue weighted by Crippen LogP contribution is -3.00. The number of likely N-dealkylation sites (tertiary alicyclic amines) is 2. The van der Waals surface area contributed by atoms with E-state index < -0.39 is 0 Å². The van der Waals surface area contributed by atoms with E-state index in [9.17, 15) is 0 Å². The van der Waals surface area contributed by atoms with Crippen LogP contribution in [-0.2, 0) is 13.1 Å². The number of nitrogens with zero attached hydrogens (tertiary/aromatic N) is 2. The van der Waals surface area contributed by atoms with Crippen molar-refractivity contribution in [1.29, 1.82) is 0 Å².